The van der Waals surface area contributed by atoms with Gasteiger partial charge in [0.05, 0.1) is 7.11 Å². The van der Waals surface area contributed by atoms with Crippen molar-refractivity contribution in [2.45, 2.75) is 0 Å². The highest BCUT2D eigenvalue weighted by atomic mass is 32.1. The molecule has 1 aromatic heterocycles. The second-order valence-corrected chi connectivity index (χ2v) is 6.27. The van der Waals surface area contributed by atoms with Gasteiger partial charge in [-0.1, -0.05) is 11.3 Å². The predicted octanol–water partition coefficient (Wildman–Crippen LogP) is 3.59. The third-order valence-corrected chi connectivity index (χ3v) is 4.50. The summed E-state index contributed by atoms with van der Waals surface area (Å²) in [5, 5.41) is 14.6. The summed E-state index contributed by atoms with van der Waals surface area (Å²) >= 11 is 1.27. The van der Waals surface area contributed by atoms with E-state index in [0.29, 0.717) is 33.1 Å². The molecule has 0 bridgehead atoms. The molecule has 9 heteroatoms. The maximum atomic E-state index is 12.1. The smallest absolute Gasteiger partial charge is 0.325 e. The number of carbonyl (C=O) groups is 1. The van der Waals surface area contributed by atoms with E-state index in [4.69, 9.17) is 14.2 Å². The zero-order chi connectivity index (χ0) is 17.9. The Balaban J connectivity index is 1.42. The van der Waals surface area contributed by atoms with E-state index in [1.54, 1.807) is 31.4 Å². The molecular formula is C17H14N4O4S. The molecule has 0 saturated carbocycles. The summed E-state index contributed by atoms with van der Waals surface area (Å²) in [6.07, 6.45) is 0. The highest BCUT2D eigenvalue weighted by molar-refractivity contribution is 7.18. The zero-order valence-electron chi connectivity index (χ0n) is 13.7. The van der Waals surface area contributed by atoms with E-state index >= 15 is 0 Å². The number of hydrogen-bond acceptors (Lipinski definition) is 7. The van der Waals surface area contributed by atoms with Gasteiger partial charge in [-0.25, -0.2) is 4.79 Å². The van der Waals surface area contributed by atoms with Crippen molar-refractivity contribution in [3.63, 3.8) is 0 Å². The minimum Gasteiger partial charge on any atom is -0.497 e. The third kappa shape index (κ3) is 3.38. The first kappa shape index (κ1) is 16.2. The number of amides is 2. The SMILES string of the molecule is COc1ccc(NC(=O)Nc2nnc(-c3ccc4c(c3)OCO4)s2)cc1. The fourth-order valence-corrected chi connectivity index (χ4v) is 3.09. The summed E-state index contributed by atoms with van der Waals surface area (Å²) in [6.45, 7) is 0.216. The van der Waals surface area contributed by atoms with E-state index in [2.05, 4.69) is 20.8 Å². The molecule has 1 aliphatic heterocycles. The van der Waals surface area contributed by atoms with E-state index in [1.165, 1.54) is 11.3 Å². The van der Waals surface area contributed by atoms with Gasteiger partial charge >= 0.3 is 6.03 Å². The number of benzene rings is 2. The molecule has 0 atom stereocenters. The summed E-state index contributed by atoms with van der Waals surface area (Å²) in [5.41, 5.74) is 1.49. The third-order valence-electron chi connectivity index (χ3n) is 3.61. The number of urea groups is 1. The van der Waals surface area contributed by atoms with Gasteiger partial charge < -0.3 is 19.5 Å². The Morgan fingerprint density at radius 1 is 1.08 bits per heavy atom. The number of ether oxygens (including phenoxy) is 3. The molecule has 0 saturated heterocycles. The van der Waals surface area contributed by atoms with Gasteiger partial charge in [0.25, 0.3) is 0 Å². The Labute approximate surface area is 152 Å². The summed E-state index contributed by atoms with van der Waals surface area (Å²) in [6, 6.07) is 12.1. The largest absolute Gasteiger partial charge is 0.497 e. The molecule has 2 amide bonds. The van der Waals surface area contributed by atoms with Crippen molar-refractivity contribution in [2.24, 2.45) is 0 Å². The Bertz CT molecular complexity index is 942. The van der Waals surface area contributed by atoms with Gasteiger partial charge in [-0.2, -0.15) is 0 Å². The maximum Gasteiger partial charge on any atom is 0.325 e. The first-order valence-corrected chi connectivity index (χ1v) is 8.48. The van der Waals surface area contributed by atoms with Gasteiger partial charge in [0.1, 0.15) is 10.8 Å². The van der Waals surface area contributed by atoms with E-state index < -0.39 is 6.03 Å². The average molecular weight is 370 g/mol. The molecule has 4 rings (SSSR count). The fourth-order valence-electron chi connectivity index (χ4n) is 2.35. The summed E-state index contributed by atoms with van der Waals surface area (Å²) in [7, 11) is 1.59. The second-order valence-electron chi connectivity index (χ2n) is 5.29. The van der Waals surface area contributed by atoms with Crippen LogP contribution in [0.2, 0.25) is 0 Å². The number of rotatable bonds is 4. The highest BCUT2D eigenvalue weighted by Gasteiger charge is 2.16. The number of methoxy groups -OCH3 is 1. The van der Waals surface area contributed by atoms with Gasteiger partial charge in [-0.3, -0.25) is 5.32 Å². The molecule has 2 heterocycles. The molecule has 0 radical (unpaired) electrons. The lowest BCUT2D eigenvalue weighted by atomic mass is 10.2. The topological polar surface area (TPSA) is 94.6 Å². The van der Waals surface area contributed by atoms with Crippen LogP contribution in [0.25, 0.3) is 10.6 Å². The van der Waals surface area contributed by atoms with Crippen LogP contribution in [0.5, 0.6) is 17.2 Å². The fraction of sp³-hybridized carbons (Fsp3) is 0.118. The molecule has 0 fully saturated rings. The molecule has 132 valence electrons. The van der Waals surface area contributed by atoms with Crippen LogP contribution in [0, 0.1) is 0 Å². The molecule has 0 aliphatic carbocycles. The number of nitrogens with zero attached hydrogens (tertiary/aromatic N) is 2. The minimum atomic E-state index is -0.399. The second kappa shape index (κ2) is 6.89. The molecule has 1 aliphatic rings. The number of hydrogen-bond donors (Lipinski definition) is 2. The van der Waals surface area contributed by atoms with Crippen LogP contribution in [-0.4, -0.2) is 30.1 Å². The van der Waals surface area contributed by atoms with Crippen molar-refractivity contribution in [1.82, 2.24) is 10.2 Å². The normalized spacial score (nSPS) is 11.9. The van der Waals surface area contributed by atoms with Crippen molar-refractivity contribution in [3.8, 4) is 27.8 Å². The van der Waals surface area contributed by atoms with Crippen molar-refractivity contribution in [1.29, 1.82) is 0 Å². The molecule has 2 N–H and O–H groups in total. The van der Waals surface area contributed by atoms with Crippen LogP contribution < -0.4 is 24.8 Å². The number of carbonyl (C=O) groups excluding carboxylic acids is 1. The van der Waals surface area contributed by atoms with Gasteiger partial charge in [-0.05, 0) is 42.5 Å². The van der Waals surface area contributed by atoms with Gasteiger partial charge in [0.2, 0.25) is 11.9 Å². The molecule has 8 nitrogen and oxygen atoms in total. The average Bonchev–Trinajstić information content (AvgIpc) is 3.30. The van der Waals surface area contributed by atoms with Crippen molar-refractivity contribution < 1.29 is 19.0 Å². The quantitative estimate of drug-likeness (QED) is 0.729. The van der Waals surface area contributed by atoms with E-state index in [1.807, 2.05) is 18.2 Å². The Morgan fingerprint density at radius 3 is 2.69 bits per heavy atom. The van der Waals surface area contributed by atoms with E-state index in [9.17, 15) is 4.79 Å². The zero-order valence-corrected chi connectivity index (χ0v) is 14.5. The van der Waals surface area contributed by atoms with Crippen LogP contribution in [0.4, 0.5) is 15.6 Å². The molecule has 2 aromatic carbocycles. The van der Waals surface area contributed by atoms with Gasteiger partial charge in [-0.15, -0.1) is 10.2 Å². The Kier molecular flexibility index (Phi) is 4.28. The van der Waals surface area contributed by atoms with Crippen molar-refractivity contribution in [2.75, 3.05) is 24.5 Å². The monoisotopic (exact) mass is 370 g/mol. The predicted molar refractivity (Wildman–Crippen MR) is 97.1 cm³/mol. The molecule has 26 heavy (non-hydrogen) atoms. The molecule has 3 aromatic rings. The molecule has 0 unspecified atom stereocenters. The Hall–Kier alpha value is -3.33. The van der Waals surface area contributed by atoms with Crippen molar-refractivity contribution in [3.05, 3.63) is 42.5 Å². The van der Waals surface area contributed by atoms with Crippen molar-refractivity contribution >= 4 is 28.2 Å². The van der Waals surface area contributed by atoms with E-state index in [0.717, 1.165) is 5.56 Å². The van der Waals surface area contributed by atoms with Gasteiger partial charge in [0, 0.05) is 11.3 Å². The van der Waals surface area contributed by atoms with Crippen LogP contribution in [0.3, 0.4) is 0 Å². The summed E-state index contributed by atoms with van der Waals surface area (Å²) in [5.74, 6) is 2.09. The minimum absolute atomic E-state index is 0.216. The van der Waals surface area contributed by atoms with Crippen LogP contribution in [0.1, 0.15) is 0 Å². The lowest BCUT2D eigenvalue weighted by molar-refractivity contribution is 0.174. The number of anilines is 2. The standard InChI is InChI=1S/C17H14N4O4S/c1-23-12-5-3-11(4-6-12)18-16(22)19-17-21-20-15(26-17)10-2-7-13-14(8-10)25-9-24-13/h2-8H,9H2,1H3,(H2,18,19,21,22). The van der Waals surface area contributed by atoms with Crippen LogP contribution in [0.15, 0.2) is 42.5 Å². The molecular weight excluding hydrogens is 356 g/mol. The number of nitrogens with one attached hydrogen (secondary N) is 2. The summed E-state index contributed by atoms with van der Waals surface area (Å²) < 4.78 is 15.7. The number of fused-ring (bicyclic) bond motifs is 1. The first-order valence-electron chi connectivity index (χ1n) is 7.67. The van der Waals surface area contributed by atoms with Crippen LogP contribution >= 0.6 is 11.3 Å². The van der Waals surface area contributed by atoms with Gasteiger partial charge in [0.15, 0.2) is 11.5 Å². The Morgan fingerprint density at radius 2 is 1.88 bits per heavy atom. The van der Waals surface area contributed by atoms with E-state index in [-0.39, 0.29) is 6.79 Å². The first-order chi connectivity index (χ1) is 12.7. The lowest BCUT2D eigenvalue weighted by Crippen LogP contribution is -2.19. The van der Waals surface area contributed by atoms with Crippen LogP contribution in [-0.2, 0) is 0 Å². The lowest BCUT2D eigenvalue weighted by Gasteiger charge is -2.05. The summed E-state index contributed by atoms with van der Waals surface area (Å²) in [4.78, 5) is 12.1. The maximum absolute atomic E-state index is 12.1. The number of aromatic nitrogens is 2. The highest BCUT2D eigenvalue weighted by Crippen LogP contribution is 2.37. The molecule has 0 spiro atoms.